The molecule has 0 saturated heterocycles. The van der Waals surface area contributed by atoms with E-state index in [-0.39, 0.29) is 5.92 Å². The van der Waals surface area contributed by atoms with E-state index in [1.54, 1.807) is 0 Å². The van der Waals surface area contributed by atoms with Crippen LogP contribution >= 0.6 is 0 Å². The molecule has 3 rings (SSSR count). The topological polar surface area (TPSA) is 68.6 Å². The van der Waals surface area contributed by atoms with Crippen LogP contribution in [0.5, 0.6) is 0 Å². The van der Waals surface area contributed by atoms with Gasteiger partial charge in [-0.25, -0.2) is 4.68 Å². The van der Waals surface area contributed by atoms with Crippen LogP contribution in [0.25, 0.3) is 5.69 Å². The molecule has 1 aliphatic heterocycles. The maximum atomic E-state index is 5.68. The zero-order chi connectivity index (χ0) is 13.2. The van der Waals surface area contributed by atoms with Crippen molar-refractivity contribution in [3.8, 4) is 5.69 Å². The largest absolute Gasteiger partial charge is 0.386 e. The van der Waals surface area contributed by atoms with Gasteiger partial charge in [-0.05, 0) is 12.1 Å². The summed E-state index contributed by atoms with van der Waals surface area (Å²) in [7, 11) is 0. The summed E-state index contributed by atoms with van der Waals surface area (Å²) in [6.45, 7) is 2.10. The lowest BCUT2D eigenvalue weighted by Gasteiger charge is -2.15. The number of hydrogen-bond donors (Lipinski definition) is 1. The molecule has 19 heavy (non-hydrogen) atoms. The van der Waals surface area contributed by atoms with Gasteiger partial charge >= 0.3 is 0 Å². The molecule has 2 N–H and O–H groups in total. The molecule has 5 nitrogen and oxygen atoms in total. The second-order valence-electron chi connectivity index (χ2n) is 4.69. The number of benzene rings is 1. The van der Waals surface area contributed by atoms with Crippen LogP contribution < -0.4 is 5.73 Å². The zero-order valence-corrected chi connectivity index (χ0v) is 10.7. The summed E-state index contributed by atoms with van der Waals surface area (Å²) in [5.41, 5.74) is 8.65. The fourth-order valence-corrected chi connectivity index (χ4v) is 2.19. The summed E-state index contributed by atoms with van der Waals surface area (Å²) < 4.78 is 1.84. The quantitative estimate of drug-likeness (QED) is 0.889. The second-order valence-corrected chi connectivity index (χ2v) is 4.69. The average Bonchev–Trinajstić information content (AvgIpc) is 2.89. The van der Waals surface area contributed by atoms with Gasteiger partial charge in [-0.2, -0.15) is 10.2 Å². The van der Waals surface area contributed by atoms with E-state index in [9.17, 15) is 0 Å². The van der Waals surface area contributed by atoms with E-state index in [4.69, 9.17) is 5.73 Å². The second kappa shape index (κ2) is 4.68. The normalized spacial score (nSPS) is 18.9. The summed E-state index contributed by atoms with van der Waals surface area (Å²) in [5, 5.41) is 12.5. The van der Waals surface area contributed by atoms with E-state index in [2.05, 4.69) is 22.2 Å². The minimum atomic E-state index is 0.269. The molecule has 1 aromatic heterocycles. The highest BCUT2D eigenvalue weighted by Crippen LogP contribution is 2.18. The van der Waals surface area contributed by atoms with E-state index in [1.807, 2.05) is 47.4 Å². The molecule has 0 bridgehead atoms. The van der Waals surface area contributed by atoms with Gasteiger partial charge in [0.1, 0.15) is 5.84 Å². The number of para-hydroxylation sites is 1. The molecule has 1 aliphatic rings. The van der Waals surface area contributed by atoms with Crippen molar-refractivity contribution in [1.29, 1.82) is 0 Å². The molecule has 0 spiro atoms. The van der Waals surface area contributed by atoms with Gasteiger partial charge in [-0.1, -0.05) is 25.1 Å². The summed E-state index contributed by atoms with van der Waals surface area (Å²) >= 11 is 0. The number of hydrogen-bond acceptors (Lipinski definition) is 4. The summed E-state index contributed by atoms with van der Waals surface area (Å²) in [6.07, 6.45) is 4.54. The Balaban J connectivity index is 1.94. The molecule has 0 fully saturated rings. The summed E-state index contributed by atoms with van der Waals surface area (Å²) in [4.78, 5) is 0. The maximum Gasteiger partial charge on any atom is 0.123 e. The van der Waals surface area contributed by atoms with Crippen molar-refractivity contribution in [3.05, 3.63) is 48.3 Å². The van der Waals surface area contributed by atoms with Crippen LogP contribution in [-0.2, 0) is 0 Å². The van der Waals surface area contributed by atoms with Gasteiger partial charge in [0.25, 0.3) is 0 Å². The van der Waals surface area contributed by atoms with Gasteiger partial charge in [0.05, 0.1) is 17.6 Å². The molecule has 0 aliphatic carbocycles. The van der Waals surface area contributed by atoms with Gasteiger partial charge in [0.15, 0.2) is 0 Å². The monoisotopic (exact) mass is 253 g/mol. The van der Waals surface area contributed by atoms with Crippen molar-refractivity contribution >= 4 is 11.5 Å². The standard InChI is InChI=1S/C14H15N5/c1-10-7-13(15)17-18-14(10)11-8-16-19(9-11)12-5-3-2-4-6-12/h2-6,8-10H,7H2,1H3,(H2,15,17). The van der Waals surface area contributed by atoms with Crippen LogP contribution in [0.1, 0.15) is 18.9 Å². The first-order valence-electron chi connectivity index (χ1n) is 6.24. The first kappa shape index (κ1) is 11.6. The summed E-state index contributed by atoms with van der Waals surface area (Å²) in [6, 6.07) is 9.99. The third-order valence-corrected chi connectivity index (χ3v) is 3.17. The van der Waals surface area contributed by atoms with Crippen molar-refractivity contribution in [2.75, 3.05) is 0 Å². The van der Waals surface area contributed by atoms with Gasteiger partial charge in [-0.15, -0.1) is 5.10 Å². The number of amidine groups is 1. The Bertz CT molecular complexity index is 639. The molecule has 0 radical (unpaired) electrons. The lowest BCUT2D eigenvalue weighted by Crippen LogP contribution is -2.24. The highest BCUT2D eigenvalue weighted by Gasteiger charge is 2.19. The third kappa shape index (κ3) is 2.27. The van der Waals surface area contributed by atoms with Crippen molar-refractivity contribution in [2.24, 2.45) is 21.9 Å². The molecular weight excluding hydrogens is 238 g/mol. The zero-order valence-electron chi connectivity index (χ0n) is 10.7. The van der Waals surface area contributed by atoms with Crippen LogP contribution in [0.3, 0.4) is 0 Å². The Hall–Kier alpha value is -2.43. The van der Waals surface area contributed by atoms with Gasteiger partial charge in [0, 0.05) is 24.1 Å². The molecule has 0 amide bonds. The Morgan fingerprint density at radius 3 is 2.74 bits per heavy atom. The average molecular weight is 253 g/mol. The van der Waals surface area contributed by atoms with Crippen LogP contribution in [0, 0.1) is 5.92 Å². The Labute approximate surface area is 111 Å². The molecule has 5 heteroatoms. The minimum Gasteiger partial charge on any atom is -0.386 e. The Morgan fingerprint density at radius 2 is 2.00 bits per heavy atom. The van der Waals surface area contributed by atoms with Crippen molar-refractivity contribution < 1.29 is 0 Å². The van der Waals surface area contributed by atoms with Crippen molar-refractivity contribution in [2.45, 2.75) is 13.3 Å². The number of rotatable bonds is 2. The predicted octanol–water partition coefficient (Wildman–Crippen LogP) is 1.97. The van der Waals surface area contributed by atoms with Crippen molar-refractivity contribution in [1.82, 2.24) is 9.78 Å². The third-order valence-electron chi connectivity index (χ3n) is 3.17. The van der Waals surface area contributed by atoms with Crippen molar-refractivity contribution in [3.63, 3.8) is 0 Å². The minimum absolute atomic E-state index is 0.269. The first-order valence-corrected chi connectivity index (χ1v) is 6.24. The molecule has 2 aromatic rings. The molecular formula is C14H15N5. The SMILES string of the molecule is CC1CC(N)=NN=C1c1cnn(-c2ccccc2)c1. The summed E-state index contributed by atoms with van der Waals surface area (Å²) in [5.74, 6) is 0.859. The van der Waals surface area contributed by atoms with Crippen LogP contribution in [0.15, 0.2) is 52.9 Å². The number of nitrogens with zero attached hydrogens (tertiary/aromatic N) is 4. The molecule has 1 unspecified atom stereocenters. The van der Waals surface area contributed by atoms with E-state index < -0.39 is 0 Å². The maximum absolute atomic E-state index is 5.68. The highest BCUT2D eigenvalue weighted by molar-refractivity contribution is 6.05. The van der Waals surface area contributed by atoms with Gasteiger partial charge in [-0.3, -0.25) is 0 Å². The molecule has 2 heterocycles. The van der Waals surface area contributed by atoms with Crippen LogP contribution in [0.2, 0.25) is 0 Å². The predicted molar refractivity (Wildman–Crippen MR) is 75.5 cm³/mol. The molecule has 1 aromatic carbocycles. The van der Waals surface area contributed by atoms with Crippen LogP contribution in [0.4, 0.5) is 0 Å². The highest BCUT2D eigenvalue weighted by atomic mass is 15.3. The van der Waals surface area contributed by atoms with Crippen LogP contribution in [-0.4, -0.2) is 21.3 Å². The fraction of sp³-hybridized carbons (Fsp3) is 0.214. The van der Waals surface area contributed by atoms with Gasteiger partial charge in [0.2, 0.25) is 0 Å². The fourth-order valence-electron chi connectivity index (χ4n) is 2.19. The Kier molecular flexibility index (Phi) is 2.87. The number of aromatic nitrogens is 2. The lowest BCUT2D eigenvalue weighted by molar-refractivity contribution is 0.783. The molecule has 0 saturated carbocycles. The Morgan fingerprint density at radius 1 is 1.21 bits per heavy atom. The molecule has 96 valence electrons. The van der Waals surface area contributed by atoms with E-state index in [1.165, 1.54) is 0 Å². The van der Waals surface area contributed by atoms with E-state index in [0.29, 0.717) is 5.84 Å². The lowest BCUT2D eigenvalue weighted by atomic mass is 9.96. The number of nitrogens with two attached hydrogens (primary N) is 1. The molecule has 1 atom stereocenters. The van der Waals surface area contributed by atoms with Gasteiger partial charge < -0.3 is 5.73 Å². The van der Waals surface area contributed by atoms with E-state index >= 15 is 0 Å². The smallest absolute Gasteiger partial charge is 0.123 e. The first-order chi connectivity index (χ1) is 9.24. The van der Waals surface area contributed by atoms with E-state index in [0.717, 1.165) is 23.4 Å².